The van der Waals surface area contributed by atoms with E-state index in [-0.39, 0.29) is 52.3 Å². The highest BCUT2D eigenvalue weighted by atomic mass is 32.2. The lowest BCUT2D eigenvalue weighted by Gasteiger charge is -2.56. The predicted molar refractivity (Wildman–Crippen MR) is 126 cm³/mol. The van der Waals surface area contributed by atoms with Gasteiger partial charge in [-0.2, -0.15) is 0 Å². The summed E-state index contributed by atoms with van der Waals surface area (Å²) < 4.78 is 45.1. The van der Waals surface area contributed by atoms with E-state index in [1.807, 2.05) is 6.92 Å². The Balaban J connectivity index is 1.40. The second kappa shape index (κ2) is 8.40. The zero-order chi connectivity index (χ0) is 25.3. The number of nitrogens with two attached hydrogens (primary N) is 1. The number of primary sulfonamides is 1. The van der Waals surface area contributed by atoms with Crippen molar-refractivity contribution in [3.8, 4) is 5.75 Å². The molecule has 5 rings (SSSR count). The molecule has 3 fully saturated rings. The van der Waals surface area contributed by atoms with E-state index in [1.165, 1.54) is 0 Å². The number of phenolic OH excluding ortho intramolecular Hbond substituents is 1. The first-order valence-corrected chi connectivity index (χ1v) is 13.9. The number of ketones is 1. The second-order valence-corrected chi connectivity index (χ2v) is 12.7. The molecule has 3 unspecified atom stereocenters. The van der Waals surface area contributed by atoms with Crippen LogP contribution in [0.2, 0.25) is 0 Å². The number of aromatic hydroxyl groups is 1. The molecule has 0 heterocycles. The van der Waals surface area contributed by atoms with Crippen LogP contribution in [-0.2, 0) is 19.6 Å². The van der Waals surface area contributed by atoms with E-state index in [2.05, 4.69) is 6.92 Å². The highest BCUT2D eigenvalue weighted by molar-refractivity contribution is 7.89. The van der Waals surface area contributed by atoms with Crippen LogP contribution in [0.4, 0.5) is 4.39 Å². The minimum Gasteiger partial charge on any atom is -0.507 e. The highest BCUT2D eigenvalue weighted by Crippen LogP contribution is 2.63. The molecule has 0 saturated heterocycles. The van der Waals surface area contributed by atoms with Crippen LogP contribution in [0, 0.1) is 35.0 Å². The number of rotatable bonds is 3. The van der Waals surface area contributed by atoms with E-state index >= 15 is 4.39 Å². The van der Waals surface area contributed by atoms with Gasteiger partial charge >= 0.3 is 5.97 Å². The molecule has 8 atom stereocenters. The zero-order valence-electron chi connectivity index (χ0n) is 19.9. The molecule has 0 spiro atoms. The minimum atomic E-state index is -4.07. The van der Waals surface area contributed by atoms with Crippen LogP contribution in [0.15, 0.2) is 34.7 Å². The van der Waals surface area contributed by atoms with Crippen LogP contribution in [0.25, 0.3) is 0 Å². The molecule has 4 aliphatic rings. The van der Waals surface area contributed by atoms with Crippen LogP contribution in [-0.4, -0.2) is 37.6 Å². The van der Waals surface area contributed by atoms with Crippen LogP contribution in [0.5, 0.6) is 5.75 Å². The number of carbonyl (C=O) groups excluding carboxylic acids is 2. The van der Waals surface area contributed by atoms with Gasteiger partial charge in [-0.15, -0.1) is 0 Å². The van der Waals surface area contributed by atoms with Crippen molar-refractivity contribution in [1.82, 2.24) is 0 Å². The Morgan fingerprint density at radius 2 is 2.00 bits per heavy atom. The number of carbonyl (C=O) groups is 2. The van der Waals surface area contributed by atoms with Crippen molar-refractivity contribution in [2.24, 2.45) is 40.1 Å². The van der Waals surface area contributed by atoms with Gasteiger partial charge in [0.1, 0.15) is 23.6 Å². The Hall–Kier alpha value is -2.26. The van der Waals surface area contributed by atoms with Crippen LogP contribution >= 0.6 is 0 Å². The van der Waals surface area contributed by atoms with E-state index in [9.17, 15) is 23.1 Å². The number of phenols is 1. The quantitative estimate of drug-likeness (QED) is 0.601. The van der Waals surface area contributed by atoms with Crippen LogP contribution in [0.1, 0.15) is 62.7 Å². The third-order valence-corrected chi connectivity index (χ3v) is 10.2. The lowest BCUT2D eigenvalue weighted by atomic mass is 9.50. The molecule has 1 aromatic carbocycles. The number of hydrogen-bond donors (Lipinski definition) is 2. The smallest absolute Gasteiger partial charge is 0.342 e. The standard InChI is InChI=1S/C26H32FNO6S/c1-13-9-18-20-6-8-23(34-25(31)19-11-15(35(28,32)33)4-7-22(19)30)26(20,2)12-21(27)24(18)16-5-3-14(29)10-17(13)16/h4,7,10-11,13,16,18,20-21,23-24,30H,3,5-6,8-9,12H2,1-2H3,(H2,28,32,33)/t13-,16-,18?,20?,21-,23-,24?,26-/m0/s1. The van der Waals surface area contributed by atoms with Crippen molar-refractivity contribution < 1.29 is 32.2 Å². The van der Waals surface area contributed by atoms with Gasteiger partial charge in [0.05, 0.1) is 4.90 Å². The van der Waals surface area contributed by atoms with E-state index in [0.29, 0.717) is 19.3 Å². The first-order chi connectivity index (χ1) is 16.4. The molecule has 0 bridgehead atoms. The summed E-state index contributed by atoms with van der Waals surface area (Å²) in [6.07, 6.45) is 3.81. The molecular formula is C26H32FNO6S. The van der Waals surface area contributed by atoms with E-state index in [4.69, 9.17) is 9.88 Å². The third-order valence-electron chi connectivity index (χ3n) is 9.27. The van der Waals surface area contributed by atoms with Crippen molar-refractivity contribution >= 4 is 21.8 Å². The zero-order valence-corrected chi connectivity index (χ0v) is 20.8. The van der Waals surface area contributed by atoms with Gasteiger partial charge in [-0.05, 0) is 86.0 Å². The van der Waals surface area contributed by atoms with Gasteiger partial charge in [0.2, 0.25) is 10.0 Å². The summed E-state index contributed by atoms with van der Waals surface area (Å²) in [6.45, 7) is 4.12. The number of benzene rings is 1. The molecule has 3 saturated carbocycles. The molecular weight excluding hydrogens is 473 g/mol. The fraction of sp³-hybridized carbons (Fsp3) is 0.615. The Bertz CT molecular complexity index is 1210. The van der Waals surface area contributed by atoms with Crippen molar-refractivity contribution in [2.75, 3.05) is 0 Å². The number of ether oxygens (including phenoxy) is 1. The highest BCUT2D eigenvalue weighted by Gasteiger charge is 2.61. The Kier molecular flexibility index (Phi) is 5.87. The summed E-state index contributed by atoms with van der Waals surface area (Å²) in [6, 6.07) is 3.23. The lowest BCUT2D eigenvalue weighted by molar-refractivity contribution is -0.119. The van der Waals surface area contributed by atoms with Crippen molar-refractivity contribution in [1.29, 1.82) is 0 Å². The van der Waals surface area contributed by atoms with E-state index < -0.39 is 39.4 Å². The number of esters is 1. The van der Waals surface area contributed by atoms with Crippen molar-refractivity contribution in [3.63, 3.8) is 0 Å². The van der Waals surface area contributed by atoms with Crippen LogP contribution < -0.4 is 5.14 Å². The largest absolute Gasteiger partial charge is 0.507 e. The molecule has 190 valence electrons. The van der Waals surface area contributed by atoms with Gasteiger partial charge < -0.3 is 9.84 Å². The maximum Gasteiger partial charge on any atom is 0.342 e. The summed E-state index contributed by atoms with van der Waals surface area (Å²) in [5.41, 5.74) is 0.274. The number of halogens is 1. The first-order valence-electron chi connectivity index (χ1n) is 12.4. The molecule has 4 aliphatic carbocycles. The van der Waals surface area contributed by atoms with Gasteiger partial charge in [-0.25, -0.2) is 22.7 Å². The molecule has 0 amide bonds. The second-order valence-electron chi connectivity index (χ2n) is 11.2. The molecule has 3 N–H and O–H groups in total. The van der Waals surface area contributed by atoms with Gasteiger partial charge in [-0.1, -0.05) is 19.4 Å². The number of sulfonamides is 1. The monoisotopic (exact) mass is 505 g/mol. The minimum absolute atomic E-state index is 0.0977. The molecule has 0 radical (unpaired) electrons. The summed E-state index contributed by atoms with van der Waals surface area (Å²) in [5.74, 6) is -0.569. The Morgan fingerprint density at radius 1 is 1.26 bits per heavy atom. The molecule has 0 aliphatic heterocycles. The average molecular weight is 506 g/mol. The number of alkyl halides is 1. The molecule has 1 aromatic rings. The Morgan fingerprint density at radius 3 is 2.71 bits per heavy atom. The summed E-state index contributed by atoms with van der Waals surface area (Å²) in [7, 11) is -4.07. The average Bonchev–Trinajstić information content (AvgIpc) is 3.09. The van der Waals surface area contributed by atoms with Crippen molar-refractivity contribution in [3.05, 3.63) is 35.4 Å². The summed E-state index contributed by atoms with van der Waals surface area (Å²) in [4.78, 5) is 24.7. The lowest BCUT2D eigenvalue weighted by Crippen LogP contribution is -2.54. The number of allylic oxidation sites excluding steroid dienone is 1. The fourth-order valence-electron chi connectivity index (χ4n) is 7.72. The maximum absolute atomic E-state index is 15.9. The van der Waals surface area contributed by atoms with E-state index in [0.717, 1.165) is 36.6 Å². The van der Waals surface area contributed by atoms with Gasteiger partial charge in [0, 0.05) is 11.8 Å². The summed E-state index contributed by atoms with van der Waals surface area (Å²) >= 11 is 0. The molecule has 35 heavy (non-hydrogen) atoms. The van der Waals surface area contributed by atoms with Gasteiger partial charge in [0.15, 0.2) is 5.78 Å². The normalized spacial score (nSPS) is 38.7. The molecule has 0 aromatic heterocycles. The molecule has 7 nitrogen and oxygen atoms in total. The van der Waals surface area contributed by atoms with Crippen molar-refractivity contribution in [2.45, 2.75) is 69.5 Å². The van der Waals surface area contributed by atoms with E-state index in [1.54, 1.807) is 6.08 Å². The summed E-state index contributed by atoms with van der Waals surface area (Å²) in [5, 5.41) is 15.3. The number of fused-ring (bicyclic) bond motifs is 5. The SMILES string of the molecule is C[C@H]1CC2C([C@@H](F)C[C@@]3(C)C2CC[C@@H]3OC(=O)c2cc(S(N)(=O)=O)ccc2O)[C@H]2CCC(=O)C=C12. The molecule has 9 heteroatoms. The third kappa shape index (κ3) is 4.00. The topological polar surface area (TPSA) is 124 Å². The Labute approximate surface area is 205 Å². The predicted octanol–water partition coefficient (Wildman–Crippen LogP) is 3.90. The van der Waals surface area contributed by atoms with Gasteiger partial charge in [0.25, 0.3) is 0 Å². The fourth-order valence-corrected chi connectivity index (χ4v) is 8.26. The maximum atomic E-state index is 15.9. The number of hydrogen-bond acceptors (Lipinski definition) is 6. The van der Waals surface area contributed by atoms with Gasteiger partial charge in [-0.3, -0.25) is 4.79 Å². The first kappa shape index (κ1) is 24.4. The van der Waals surface area contributed by atoms with Crippen LogP contribution in [0.3, 0.4) is 0 Å².